The maximum Gasteiger partial charge on any atom is 0.411 e. The zero-order chi connectivity index (χ0) is 79.8. The first-order chi connectivity index (χ1) is 51.8. The monoisotopic (exact) mass is 1690 g/mol. The van der Waals surface area contributed by atoms with Crippen LogP contribution >= 0.6 is 55.9 Å². The van der Waals surface area contributed by atoms with Crippen molar-refractivity contribution in [1.29, 1.82) is 0 Å². The molecule has 10 N–H and O–H groups in total. The lowest BCUT2D eigenvalue weighted by atomic mass is 9.73. The number of ketones is 1. The average molecular weight is 1700 g/mol. The van der Waals surface area contributed by atoms with Gasteiger partial charge >= 0.3 is 6.09 Å². The maximum atomic E-state index is 14.6. The van der Waals surface area contributed by atoms with E-state index < -0.39 is 149 Å². The zero-order valence-corrected chi connectivity index (χ0v) is 67.8. The number of nitrogens with two attached hydrogens (primary N) is 1. The number of rotatable bonds is 31. The summed E-state index contributed by atoms with van der Waals surface area (Å²) in [6, 6.07) is 5.37. The third kappa shape index (κ3) is 22.4. The molecular formula is C74H99IN6O25S3. The highest BCUT2D eigenvalue weighted by molar-refractivity contribution is 14.1. The van der Waals surface area contributed by atoms with E-state index in [1.165, 1.54) is 69.1 Å². The molecule has 4 heterocycles. The minimum absolute atomic E-state index is 0.00278. The summed E-state index contributed by atoms with van der Waals surface area (Å²) >= 11 is 2.78. The van der Waals surface area contributed by atoms with Gasteiger partial charge in [-0.25, -0.2) is 10.2 Å². The molecule has 2 bridgehead atoms. The number of likely N-dealkylation sites (N-methyl/N-ethyl adjacent to an activating group) is 1. The number of hydrogen-bond acceptors (Lipinski definition) is 30. The largest absolute Gasteiger partial charge is 0.494 e. The van der Waals surface area contributed by atoms with E-state index in [0.29, 0.717) is 40.2 Å². The molecule has 600 valence electrons. The summed E-state index contributed by atoms with van der Waals surface area (Å²) in [7, 11) is 9.32. The number of fused-ring (bicyclic) bond motifs is 2. The fourth-order valence-corrected chi connectivity index (χ4v) is 17.4. The number of thioether (sulfide) groups is 1. The first kappa shape index (κ1) is 88.4. The average Bonchev–Trinajstić information content (AvgIpc) is 1.08. The van der Waals surface area contributed by atoms with Crippen molar-refractivity contribution in [1.82, 2.24) is 21.1 Å². The summed E-state index contributed by atoms with van der Waals surface area (Å²) in [5, 5.41) is 64.8. The number of amides is 4. The number of ether oxygens (including phenoxy) is 13. The molecule has 4 fully saturated rings. The number of hydrazone groups is 1. The van der Waals surface area contributed by atoms with Gasteiger partial charge in [0.1, 0.15) is 48.0 Å². The number of halogens is 1. The van der Waals surface area contributed by atoms with Crippen LogP contribution in [0, 0.1) is 34.2 Å². The van der Waals surface area contributed by atoms with Gasteiger partial charge in [0.2, 0.25) is 34.9 Å². The van der Waals surface area contributed by atoms with Gasteiger partial charge in [-0.3, -0.25) is 34.1 Å². The fourth-order valence-electron chi connectivity index (χ4n) is 13.2. The third-order valence-corrected chi connectivity index (χ3v) is 24.7. The van der Waals surface area contributed by atoms with Crippen LogP contribution in [0.25, 0.3) is 0 Å². The van der Waals surface area contributed by atoms with E-state index in [0.717, 1.165) is 24.4 Å². The first-order valence-corrected chi connectivity index (χ1v) is 39.6. The van der Waals surface area contributed by atoms with Gasteiger partial charge < -0.3 is 97.7 Å². The van der Waals surface area contributed by atoms with Gasteiger partial charge in [-0.1, -0.05) is 63.1 Å². The predicted octanol–water partition coefficient (Wildman–Crippen LogP) is 4.92. The lowest BCUT2D eigenvalue weighted by Crippen LogP contribution is -2.65. The molecule has 0 radical (unpaired) electrons. The Morgan fingerprint density at radius 1 is 0.872 bits per heavy atom. The van der Waals surface area contributed by atoms with Crippen LogP contribution in [0.4, 0.5) is 4.79 Å². The molecular weight excluding hydrogens is 1600 g/mol. The molecule has 35 heteroatoms. The number of aliphatic hydroxyl groups is 5. The van der Waals surface area contributed by atoms with Crippen molar-refractivity contribution in [2.75, 3.05) is 61.1 Å². The highest BCUT2D eigenvalue weighted by Crippen LogP contribution is 2.50. The van der Waals surface area contributed by atoms with Crippen LogP contribution in [0.15, 0.2) is 64.4 Å². The van der Waals surface area contributed by atoms with Crippen molar-refractivity contribution in [2.24, 2.45) is 10.8 Å². The number of methoxy groups -OCH3 is 5. The second kappa shape index (κ2) is 40.5. The molecule has 8 rings (SSSR count). The second-order valence-electron chi connectivity index (χ2n) is 27.1. The third-order valence-electron chi connectivity index (χ3n) is 18.9. The minimum atomic E-state index is -2.03. The topological polar surface area (TPSA) is 411 Å². The lowest BCUT2D eigenvalue weighted by Gasteiger charge is -2.47. The van der Waals surface area contributed by atoms with Crippen molar-refractivity contribution in [3.05, 3.63) is 79.6 Å². The lowest BCUT2D eigenvalue weighted by molar-refractivity contribution is -0.337. The highest BCUT2D eigenvalue weighted by atomic mass is 127. The molecule has 4 aliphatic heterocycles. The van der Waals surface area contributed by atoms with E-state index in [4.69, 9.17) is 72.2 Å². The number of alkyl carbamates (subject to hydrolysis) is 1. The number of Topliss-reactive ketones (excluding diaryl/α,β-unsaturated/α-hetero) is 1. The molecule has 109 heavy (non-hydrogen) atoms. The fraction of sp³-hybridized carbons (Fsp3) is 0.608. The van der Waals surface area contributed by atoms with Gasteiger partial charge in [0.25, 0.3) is 0 Å². The molecule has 0 aromatic heterocycles. The van der Waals surface area contributed by atoms with Crippen molar-refractivity contribution >= 4 is 96.4 Å². The summed E-state index contributed by atoms with van der Waals surface area (Å²) in [5.41, 5.74) is 10.2. The Kier molecular flexibility index (Phi) is 32.9. The number of nitrogens with zero attached hydrogens (tertiary/aromatic N) is 2. The van der Waals surface area contributed by atoms with Gasteiger partial charge in [-0.2, -0.15) is 10.6 Å². The molecule has 4 amide bonds. The van der Waals surface area contributed by atoms with E-state index in [1.807, 2.05) is 43.4 Å². The van der Waals surface area contributed by atoms with E-state index in [2.05, 4.69) is 45.0 Å². The number of benzene rings is 2. The van der Waals surface area contributed by atoms with E-state index >= 15 is 0 Å². The SMILES string of the molecule is CCN(C(C)=O)[C@H]1CO[C@@H](O[C@H]2[C@H](O[C@@H]3C#C/C=C\C#CC[C@]4(O)CC(=O)C(NC(=O)OC)=C3/C4=C\CSSC(C)(C)CC(=O)N/N=C(\C)c3ccc(OCCCC(N)=O)cc3)O[C@H](C)[C@@H](NO[C@H]3C[C@H](O)[C@H](SC(=O)c4c(C)c(I)c(O[C@@H]5O[C@@H](C)[C@H](O)[C@@H](OC)[C@H]5O)c(OC)c4OC)[C@@H](C)O3)[C@@H]2O)C[C@@H]1OC. The van der Waals surface area contributed by atoms with Crippen molar-refractivity contribution < 1.29 is 121 Å². The van der Waals surface area contributed by atoms with E-state index in [1.54, 1.807) is 69.9 Å². The van der Waals surface area contributed by atoms with Gasteiger partial charge in [0.15, 0.2) is 36.2 Å². The standard InChI is InChI=1S/C74H99IN6O25S3/c1-15-81(42(7)82)46-36-99-53(33-50(46)93-10)104-66-61(88)58(80-106-54-32-47(83)68(41(6)100-54)108-69(90)55-37(2)57(75)64(67(96-13)63(55)94-11)105-70-62(89)65(95-12)60(87)40(5)102-70)39(4)101-71(66)103-49-22-19-17-16-18-20-29-74(92)34-48(84)59(77-72(91)97-14)56(49)45(74)28-31-107-109-73(8,9)35-52(86)79-78-38(3)43-24-26-44(27-25-43)98-30-21-23-51(76)85/h16-17,24-28,39-41,46-47,49-50,53-54,58,60-62,65-66,68,70-71,80,83,87-89,92H,15,21,23,29-36H2,1-14H3,(H2,76,85)(H,77,91)(H,79,86)/b17-16-,45-28+,78-38+/t39-,40+,41-,46+,47+,49-,50+,53+,54+,58-,60+,61+,62-,65-,66-,68-,70+,71+,74+/m1/s1. The Hall–Kier alpha value is -6.15. The molecule has 4 saturated heterocycles. The number of carbonyl (C=O) groups excluding carboxylic acids is 6. The molecule has 0 unspecified atom stereocenters. The summed E-state index contributed by atoms with van der Waals surface area (Å²) in [6.45, 7) is 15.9. The Morgan fingerprint density at radius 3 is 2.23 bits per heavy atom. The summed E-state index contributed by atoms with van der Waals surface area (Å²) < 4.78 is 78.4. The Morgan fingerprint density at radius 2 is 1.58 bits per heavy atom. The quantitative estimate of drug-likeness (QED) is 0.0121. The molecule has 2 aliphatic carbocycles. The van der Waals surface area contributed by atoms with Crippen LogP contribution in [0.3, 0.4) is 0 Å². The van der Waals surface area contributed by atoms with Crippen molar-refractivity contribution in [2.45, 2.75) is 227 Å². The Labute approximate surface area is 659 Å². The molecule has 2 aromatic carbocycles. The van der Waals surface area contributed by atoms with Crippen LogP contribution in [-0.2, 0) is 66.6 Å². The van der Waals surface area contributed by atoms with Crippen LogP contribution in [0.2, 0.25) is 0 Å². The molecule has 6 aliphatic rings. The van der Waals surface area contributed by atoms with Gasteiger partial charge in [-0.15, -0.1) is 0 Å². The second-order valence-corrected chi connectivity index (χ2v) is 32.4. The highest BCUT2D eigenvalue weighted by Gasteiger charge is 2.53. The van der Waals surface area contributed by atoms with Gasteiger partial charge in [0, 0.05) is 82.3 Å². The number of hydroxylamine groups is 1. The number of hydrogen-bond donors (Lipinski definition) is 9. The molecule has 0 saturated carbocycles. The smallest absolute Gasteiger partial charge is 0.411 e. The van der Waals surface area contributed by atoms with Crippen LogP contribution in [-0.4, -0.2) is 252 Å². The summed E-state index contributed by atoms with van der Waals surface area (Å²) in [6.07, 6.45) is -15.2. The van der Waals surface area contributed by atoms with Crippen LogP contribution in [0.5, 0.6) is 23.0 Å². The normalized spacial score (nSPS) is 30.6. The minimum Gasteiger partial charge on any atom is -0.494 e. The maximum absolute atomic E-state index is 14.6. The summed E-state index contributed by atoms with van der Waals surface area (Å²) in [5.74, 6) is 10.8. The Balaban J connectivity index is 1.03. The summed E-state index contributed by atoms with van der Waals surface area (Å²) in [4.78, 5) is 87.8. The number of primary amides is 1. The molecule has 0 spiro atoms. The van der Waals surface area contributed by atoms with Crippen molar-refractivity contribution in [3.8, 4) is 46.7 Å². The predicted molar refractivity (Wildman–Crippen MR) is 410 cm³/mol. The number of allylic oxidation sites excluding steroid dienone is 3. The van der Waals surface area contributed by atoms with Gasteiger partial charge in [-0.05, 0) is 138 Å². The zero-order valence-electron chi connectivity index (χ0n) is 63.2. The molecule has 19 atom stereocenters. The first-order valence-electron chi connectivity index (χ1n) is 35.3. The molecule has 31 nitrogen and oxygen atoms in total. The molecule has 2 aromatic rings. The number of nitrogens with one attached hydrogen (secondary N) is 3. The van der Waals surface area contributed by atoms with Gasteiger partial charge in [0.05, 0.1) is 103 Å². The number of aliphatic hydroxyl groups excluding tert-OH is 4. The Bertz CT molecular complexity index is 3820. The van der Waals surface area contributed by atoms with E-state index in [9.17, 15) is 54.3 Å². The van der Waals surface area contributed by atoms with Crippen LogP contribution in [0.1, 0.15) is 122 Å². The number of carbonyl (C=O) groups is 6. The van der Waals surface area contributed by atoms with Crippen molar-refractivity contribution in [3.63, 3.8) is 0 Å². The van der Waals surface area contributed by atoms with Crippen LogP contribution < -0.4 is 40.9 Å². The van der Waals surface area contributed by atoms with E-state index in [-0.39, 0.29) is 95.9 Å².